The second kappa shape index (κ2) is 8.49. The number of ketones is 1. The first-order chi connectivity index (χ1) is 14.5. The summed E-state index contributed by atoms with van der Waals surface area (Å²) in [6, 6.07) is 13.4. The van der Waals surface area contributed by atoms with Crippen LogP contribution in [0.3, 0.4) is 0 Å². The van der Waals surface area contributed by atoms with Gasteiger partial charge in [0.15, 0.2) is 12.4 Å². The molecule has 2 aliphatic heterocycles. The molecular formula is C23H22N2O5. The smallest absolute Gasteiger partial charge is 0.338 e. The van der Waals surface area contributed by atoms with Gasteiger partial charge in [0.2, 0.25) is 11.8 Å². The van der Waals surface area contributed by atoms with Crippen LogP contribution in [0.1, 0.15) is 46.4 Å². The minimum atomic E-state index is -0.615. The predicted molar refractivity (Wildman–Crippen MR) is 111 cm³/mol. The average molecular weight is 406 g/mol. The zero-order valence-corrected chi connectivity index (χ0v) is 16.5. The number of Topliss-reactive ketones (excluding diaryl/α,β-unsaturated/α-hetero) is 1. The van der Waals surface area contributed by atoms with Crippen LogP contribution < -0.4 is 9.80 Å². The summed E-state index contributed by atoms with van der Waals surface area (Å²) in [4.78, 5) is 51.8. The van der Waals surface area contributed by atoms with Crippen molar-refractivity contribution in [2.45, 2.75) is 25.7 Å². The number of amides is 2. The summed E-state index contributed by atoms with van der Waals surface area (Å²) < 4.78 is 5.18. The van der Waals surface area contributed by atoms with Gasteiger partial charge in [-0.05, 0) is 55.3 Å². The Morgan fingerprint density at radius 1 is 0.800 bits per heavy atom. The standard InChI is InChI=1S/C23H22N2O5/c26-20(16-8-10-18(11-9-16)24-12-2-6-21(24)27)15-30-23(29)17-4-1-5-19(14-17)25-13-3-7-22(25)28/h1,4-5,8-11,14H,2-3,6-7,12-13,15H2. The molecule has 7 heteroatoms. The summed E-state index contributed by atoms with van der Waals surface area (Å²) in [5.74, 6) is -0.819. The van der Waals surface area contributed by atoms with Gasteiger partial charge in [-0.1, -0.05) is 6.07 Å². The highest BCUT2D eigenvalue weighted by molar-refractivity contribution is 6.01. The molecule has 2 fully saturated rings. The van der Waals surface area contributed by atoms with Crippen LogP contribution in [0.5, 0.6) is 0 Å². The molecule has 2 saturated heterocycles. The molecule has 0 unspecified atom stereocenters. The van der Waals surface area contributed by atoms with E-state index in [0.29, 0.717) is 42.7 Å². The minimum absolute atomic E-state index is 0.0368. The van der Waals surface area contributed by atoms with E-state index in [0.717, 1.165) is 18.5 Å². The van der Waals surface area contributed by atoms with Crippen molar-refractivity contribution < 1.29 is 23.9 Å². The second-order valence-corrected chi connectivity index (χ2v) is 7.39. The van der Waals surface area contributed by atoms with Crippen molar-refractivity contribution in [3.05, 3.63) is 59.7 Å². The fraction of sp³-hybridized carbons (Fsp3) is 0.304. The fourth-order valence-electron chi connectivity index (χ4n) is 3.77. The number of ether oxygens (including phenoxy) is 1. The molecule has 0 bridgehead atoms. The molecule has 7 nitrogen and oxygen atoms in total. The molecule has 2 aromatic carbocycles. The van der Waals surface area contributed by atoms with Crippen molar-refractivity contribution in [1.82, 2.24) is 0 Å². The van der Waals surface area contributed by atoms with Gasteiger partial charge < -0.3 is 14.5 Å². The molecule has 0 aliphatic carbocycles. The van der Waals surface area contributed by atoms with E-state index < -0.39 is 5.97 Å². The molecule has 0 radical (unpaired) electrons. The molecule has 0 atom stereocenters. The molecule has 0 spiro atoms. The highest BCUT2D eigenvalue weighted by Gasteiger charge is 2.23. The molecule has 2 amide bonds. The minimum Gasteiger partial charge on any atom is -0.454 e. The topological polar surface area (TPSA) is 84.0 Å². The number of carbonyl (C=O) groups is 4. The molecule has 0 aromatic heterocycles. The zero-order chi connectivity index (χ0) is 21.1. The Bertz CT molecular complexity index is 999. The van der Waals surface area contributed by atoms with Gasteiger partial charge in [0.1, 0.15) is 0 Å². The monoisotopic (exact) mass is 406 g/mol. The third kappa shape index (κ3) is 4.10. The van der Waals surface area contributed by atoms with Gasteiger partial charge in [0, 0.05) is 42.9 Å². The molecule has 4 rings (SSSR count). The Hall–Kier alpha value is -3.48. The Morgan fingerprint density at radius 2 is 1.43 bits per heavy atom. The number of anilines is 2. The van der Waals surface area contributed by atoms with Crippen LogP contribution in [-0.4, -0.2) is 43.3 Å². The maximum atomic E-state index is 12.4. The number of esters is 1. The Balaban J connectivity index is 1.36. The number of carbonyl (C=O) groups excluding carboxylic acids is 4. The molecule has 154 valence electrons. The lowest BCUT2D eigenvalue weighted by Gasteiger charge is -2.16. The van der Waals surface area contributed by atoms with Crippen LogP contribution in [0.4, 0.5) is 11.4 Å². The summed E-state index contributed by atoms with van der Waals surface area (Å²) in [7, 11) is 0. The lowest BCUT2D eigenvalue weighted by Crippen LogP contribution is -2.24. The molecule has 0 N–H and O–H groups in total. The van der Waals surface area contributed by atoms with Crippen molar-refractivity contribution in [3.8, 4) is 0 Å². The first kappa shape index (κ1) is 19.8. The van der Waals surface area contributed by atoms with E-state index in [-0.39, 0.29) is 24.2 Å². The molecule has 30 heavy (non-hydrogen) atoms. The Labute approximate surface area is 174 Å². The van der Waals surface area contributed by atoms with Crippen LogP contribution >= 0.6 is 0 Å². The van der Waals surface area contributed by atoms with Gasteiger partial charge in [-0.15, -0.1) is 0 Å². The van der Waals surface area contributed by atoms with Gasteiger partial charge in [0.05, 0.1) is 5.56 Å². The van der Waals surface area contributed by atoms with Crippen LogP contribution in [0.25, 0.3) is 0 Å². The van der Waals surface area contributed by atoms with Crippen molar-refractivity contribution >= 4 is 34.9 Å². The van der Waals surface area contributed by atoms with Crippen LogP contribution in [-0.2, 0) is 14.3 Å². The maximum absolute atomic E-state index is 12.4. The predicted octanol–water partition coefficient (Wildman–Crippen LogP) is 2.98. The van der Waals surface area contributed by atoms with Crippen LogP contribution in [0, 0.1) is 0 Å². The van der Waals surface area contributed by atoms with E-state index in [2.05, 4.69) is 0 Å². The number of rotatable bonds is 6. The third-order valence-electron chi connectivity index (χ3n) is 5.38. The molecule has 2 heterocycles. The first-order valence-electron chi connectivity index (χ1n) is 10.0. The molecule has 2 aliphatic rings. The van der Waals surface area contributed by atoms with Gasteiger partial charge in [-0.3, -0.25) is 14.4 Å². The van der Waals surface area contributed by atoms with Gasteiger partial charge in [0.25, 0.3) is 0 Å². The van der Waals surface area contributed by atoms with Gasteiger partial charge in [-0.25, -0.2) is 4.79 Å². The Kier molecular flexibility index (Phi) is 5.61. The number of nitrogens with zero attached hydrogens (tertiary/aromatic N) is 2. The average Bonchev–Trinajstić information content (AvgIpc) is 3.40. The number of benzene rings is 2. The highest BCUT2D eigenvalue weighted by Crippen LogP contribution is 2.23. The van der Waals surface area contributed by atoms with E-state index in [4.69, 9.17) is 4.74 Å². The third-order valence-corrected chi connectivity index (χ3v) is 5.38. The van der Waals surface area contributed by atoms with E-state index >= 15 is 0 Å². The van der Waals surface area contributed by atoms with Crippen molar-refractivity contribution in [2.75, 3.05) is 29.5 Å². The quantitative estimate of drug-likeness (QED) is 0.544. The zero-order valence-electron chi connectivity index (χ0n) is 16.5. The summed E-state index contributed by atoms with van der Waals surface area (Å²) in [6.45, 7) is 0.939. The first-order valence-corrected chi connectivity index (χ1v) is 10.0. The SMILES string of the molecule is O=C(COC(=O)c1cccc(N2CCCC2=O)c1)c1ccc(N2CCCC2=O)cc1. The molecular weight excluding hydrogens is 384 g/mol. The molecule has 2 aromatic rings. The lowest BCUT2D eigenvalue weighted by molar-refractivity contribution is -0.117. The summed E-state index contributed by atoms with van der Waals surface area (Å²) in [6.07, 6.45) is 2.69. The van der Waals surface area contributed by atoms with Crippen molar-refractivity contribution in [1.29, 1.82) is 0 Å². The van der Waals surface area contributed by atoms with E-state index in [1.54, 1.807) is 58.3 Å². The molecule has 0 saturated carbocycles. The number of hydrogen-bond acceptors (Lipinski definition) is 5. The Morgan fingerprint density at radius 3 is 2.03 bits per heavy atom. The number of hydrogen-bond donors (Lipinski definition) is 0. The van der Waals surface area contributed by atoms with Gasteiger partial charge >= 0.3 is 5.97 Å². The maximum Gasteiger partial charge on any atom is 0.338 e. The van der Waals surface area contributed by atoms with Crippen LogP contribution in [0.2, 0.25) is 0 Å². The van der Waals surface area contributed by atoms with Gasteiger partial charge in [-0.2, -0.15) is 0 Å². The van der Waals surface area contributed by atoms with E-state index in [1.807, 2.05) is 0 Å². The van der Waals surface area contributed by atoms with E-state index in [9.17, 15) is 19.2 Å². The highest BCUT2D eigenvalue weighted by atomic mass is 16.5. The van der Waals surface area contributed by atoms with Crippen molar-refractivity contribution in [3.63, 3.8) is 0 Å². The normalized spacial score (nSPS) is 16.3. The van der Waals surface area contributed by atoms with E-state index in [1.165, 1.54) is 0 Å². The fourth-order valence-corrected chi connectivity index (χ4v) is 3.77. The van der Waals surface area contributed by atoms with Crippen molar-refractivity contribution in [2.24, 2.45) is 0 Å². The summed E-state index contributed by atoms with van der Waals surface area (Å²) in [5, 5.41) is 0. The summed E-state index contributed by atoms with van der Waals surface area (Å²) >= 11 is 0. The largest absolute Gasteiger partial charge is 0.454 e. The lowest BCUT2D eigenvalue weighted by atomic mass is 10.1. The van der Waals surface area contributed by atoms with Crippen LogP contribution in [0.15, 0.2) is 48.5 Å². The summed E-state index contributed by atoms with van der Waals surface area (Å²) in [5.41, 5.74) is 2.13. The second-order valence-electron chi connectivity index (χ2n) is 7.39.